The highest BCUT2D eigenvalue weighted by Gasteiger charge is 2.34. The quantitative estimate of drug-likeness (QED) is 0.626. The predicted molar refractivity (Wildman–Crippen MR) is 107 cm³/mol. The summed E-state index contributed by atoms with van der Waals surface area (Å²) >= 11 is 0. The van der Waals surface area contributed by atoms with E-state index < -0.39 is 27.6 Å². The third kappa shape index (κ3) is 3.41. The molecule has 1 saturated heterocycles. The number of rotatable bonds is 4. The van der Waals surface area contributed by atoms with Gasteiger partial charge in [0.1, 0.15) is 16.8 Å². The number of nitrogens with zero attached hydrogens (tertiary/aromatic N) is 3. The van der Waals surface area contributed by atoms with Gasteiger partial charge in [-0.05, 0) is 31.2 Å². The van der Waals surface area contributed by atoms with Crippen molar-refractivity contribution >= 4 is 27.0 Å². The van der Waals surface area contributed by atoms with Gasteiger partial charge in [-0.1, -0.05) is 24.3 Å². The first kappa shape index (κ1) is 20.3. The van der Waals surface area contributed by atoms with E-state index in [2.05, 4.69) is 0 Å². The topological polar surface area (TPSA) is 92.8 Å². The molecule has 1 fully saturated rings. The van der Waals surface area contributed by atoms with E-state index in [1.165, 1.54) is 32.0 Å². The van der Waals surface area contributed by atoms with Crippen molar-refractivity contribution in [1.82, 2.24) is 13.8 Å². The average molecular weight is 433 g/mol. The molecule has 2 heterocycles. The monoisotopic (exact) mass is 433 g/mol. The van der Waals surface area contributed by atoms with Crippen LogP contribution in [0.15, 0.2) is 62.6 Å². The van der Waals surface area contributed by atoms with Crippen molar-refractivity contribution in [3.8, 4) is 0 Å². The Morgan fingerprint density at radius 2 is 1.67 bits per heavy atom. The number of para-hydroxylation sites is 2. The summed E-state index contributed by atoms with van der Waals surface area (Å²) in [5, 5.41) is 0. The van der Waals surface area contributed by atoms with E-state index in [-0.39, 0.29) is 37.0 Å². The molecule has 1 unspecified atom stereocenters. The summed E-state index contributed by atoms with van der Waals surface area (Å²) in [4.78, 5) is 26.3. The molecule has 0 saturated carbocycles. The molecule has 0 bridgehead atoms. The zero-order valence-electron chi connectivity index (χ0n) is 16.2. The maximum Gasteiger partial charge on any atom is 0.420 e. The Balaban J connectivity index is 1.50. The lowest BCUT2D eigenvalue weighted by molar-refractivity contribution is -0.135. The van der Waals surface area contributed by atoms with E-state index in [4.69, 9.17) is 4.42 Å². The highest BCUT2D eigenvalue weighted by molar-refractivity contribution is 7.89. The third-order valence-corrected chi connectivity index (χ3v) is 7.20. The van der Waals surface area contributed by atoms with Gasteiger partial charge >= 0.3 is 5.76 Å². The van der Waals surface area contributed by atoms with Crippen LogP contribution in [0.1, 0.15) is 13.0 Å². The van der Waals surface area contributed by atoms with Gasteiger partial charge in [0.15, 0.2) is 5.58 Å². The number of piperazine rings is 1. The first-order chi connectivity index (χ1) is 14.3. The molecule has 1 aliphatic rings. The van der Waals surface area contributed by atoms with E-state index in [9.17, 15) is 22.4 Å². The molecule has 3 aromatic rings. The zero-order valence-corrected chi connectivity index (χ0v) is 17.0. The molecule has 0 radical (unpaired) electrons. The van der Waals surface area contributed by atoms with E-state index in [1.54, 1.807) is 31.2 Å². The van der Waals surface area contributed by atoms with Gasteiger partial charge in [-0.15, -0.1) is 0 Å². The normalized spacial score (nSPS) is 16.7. The van der Waals surface area contributed by atoms with E-state index >= 15 is 0 Å². The minimum absolute atomic E-state index is 0.0379. The highest BCUT2D eigenvalue weighted by Crippen LogP contribution is 2.22. The van der Waals surface area contributed by atoms with Crippen LogP contribution in [0, 0.1) is 5.82 Å². The summed E-state index contributed by atoms with van der Waals surface area (Å²) in [6.45, 7) is 1.96. The number of hydrogen-bond donors (Lipinski definition) is 0. The fourth-order valence-corrected chi connectivity index (χ4v) is 5.15. The summed E-state index contributed by atoms with van der Waals surface area (Å²) in [5.74, 6) is -1.75. The van der Waals surface area contributed by atoms with Gasteiger partial charge < -0.3 is 9.32 Å². The van der Waals surface area contributed by atoms with Crippen molar-refractivity contribution in [2.45, 2.75) is 17.9 Å². The number of amides is 1. The lowest BCUT2D eigenvalue weighted by atomic mass is 10.2. The van der Waals surface area contributed by atoms with Gasteiger partial charge in [-0.2, -0.15) is 4.31 Å². The SMILES string of the molecule is CC(C(=O)N1CCN(S(=O)(=O)c2ccccc2F)CC1)n1c(=O)oc2ccccc21. The van der Waals surface area contributed by atoms with Crippen LogP contribution < -0.4 is 5.76 Å². The van der Waals surface area contributed by atoms with Gasteiger partial charge in [0.2, 0.25) is 15.9 Å². The second-order valence-electron chi connectivity index (χ2n) is 7.04. The Morgan fingerprint density at radius 3 is 2.37 bits per heavy atom. The Kier molecular flexibility index (Phi) is 5.20. The molecular formula is C20H20FN3O5S. The van der Waals surface area contributed by atoms with Crippen LogP contribution in [0.5, 0.6) is 0 Å². The molecule has 8 nitrogen and oxygen atoms in total. The van der Waals surface area contributed by atoms with E-state index in [0.717, 1.165) is 6.07 Å². The van der Waals surface area contributed by atoms with Crippen LogP contribution in [-0.2, 0) is 14.8 Å². The smallest absolute Gasteiger partial charge is 0.408 e. The number of aromatic nitrogens is 1. The minimum atomic E-state index is -3.99. The predicted octanol–water partition coefficient (Wildman–Crippen LogP) is 1.83. The van der Waals surface area contributed by atoms with Crippen molar-refractivity contribution in [1.29, 1.82) is 0 Å². The maximum atomic E-state index is 14.0. The minimum Gasteiger partial charge on any atom is -0.408 e. The van der Waals surface area contributed by atoms with Crippen LogP contribution >= 0.6 is 0 Å². The molecule has 30 heavy (non-hydrogen) atoms. The van der Waals surface area contributed by atoms with Crippen molar-refractivity contribution in [2.75, 3.05) is 26.2 Å². The van der Waals surface area contributed by atoms with Gasteiger partial charge in [0, 0.05) is 26.2 Å². The fourth-order valence-electron chi connectivity index (χ4n) is 3.67. The van der Waals surface area contributed by atoms with E-state index in [0.29, 0.717) is 11.1 Å². The van der Waals surface area contributed by atoms with Crippen molar-refractivity contribution < 1.29 is 22.0 Å². The van der Waals surface area contributed by atoms with Gasteiger partial charge in [0.25, 0.3) is 0 Å². The Labute approximate surface area is 172 Å². The first-order valence-corrected chi connectivity index (χ1v) is 10.9. The average Bonchev–Trinajstić information content (AvgIpc) is 3.08. The molecule has 0 spiro atoms. The van der Waals surface area contributed by atoms with Gasteiger partial charge in [0.05, 0.1) is 5.52 Å². The van der Waals surface area contributed by atoms with Crippen LogP contribution in [0.4, 0.5) is 4.39 Å². The van der Waals surface area contributed by atoms with Gasteiger partial charge in [-0.3, -0.25) is 9.36 Å². The molecule has 1 aromatic heterocycles. The maximum absolute atomic E-state index is 14.0. The lowest BCUT2D eigenvalue weighted by Crippen LogP contribution is -2.52. The summed E-state index contributed by atoms with van der Waals surface area (Å²) in [6.07, 6.45) is 0. The molecule has 4 rings (SSSR count). The van der Waals surface area contributed by atoms with Crippen molar-refractivity contribution in [3.63, 3.8) is 0 Å². The molecule has 10 heteroatoms. The number of hydrogen-bond acceptors (Lipinski definition) is 5. The van der Waals surface area contributed by atoms with Crippen LogP contribution in [0.25, 0.3) is 11.1 Å². The van der Waals surface area contributed by atoms with E-state index in [1.807, 2.05) is 0 Å². The number of sulfonamides is 1. The largest absolute Gasteiger partial charge is 0.420 e. The summed E-state index contributed by atoms with van der Waals surface area (Å²) < 4.78 is 47.1. The van der Waals surface area contributed by atoms with Crippen LogP contribution in [-0.4, -0.2) is 54.3 Å². The molecule has 1 atom stereocenters. The molecule has 0 N–H and O–H groups in total. The second kappa shape index (κ2) is 7.69. The first-order valence-electron chi connectivity index (χ1n) is 9.44. The number of halogens is 1. The molecule has 1 aliphatic heterocycles. The Bertz CT molecular complexity index is 1260. The number of fused-ring (bicyclic) bond motifs is 1. The van der Waals surface area contributed by atoms with Crippen LogP contribution in [0.3, 0.4) is 0 Å². The third-order valence-electron chi connectivity index (χ3n) is 5.27. The molecule has 0 aliphatic carbocycles. The second-order valence-corrected chi connectivity index (χ2v) is 8.95. The van der Waals surface area contributed by atoms with Crippen molar-refractivity contribution in [2.24, 2.45) is 0 Å². The zero-order chi connectivity index (χ0) is 21.5. The molecule has 1 amide bonds. The summed E-state index contributed by atoms with van der Waals surface area (Å²) in [7, 11) is -3.99. The molecule has 158 valence electrons. The van der Waals surface area contributed by atoms with Gasteiger partial charge in [-0.25, -0.2) is 17.6 Å². The number of benzene rings is 2. The number of carbonyl (C=O) groups is 1. The Hall–Kier alpha value is -2.98. The van der Waals surface area contributed by atoms with Crippen molar-refractivity contribution in [3.05, 3.63) is 64.9 Å². The Morgan fingerprint density at radius 1 is 1.03 bits per heavy atom. The molecular weight excluding hydrogens is 413 g/mol. The fraction of sp³-hybridized carbons (Fsp3) is 0.300. The number of oxazole rings is 1. The molecule has 2 aromatic carbocycles. The number of carbonyl (C=O) groups excluding carboxylic acids is 1. The summed E-state index contributed by atoms with van der Waals surface area (Å²) in [6, 6.07) is 11.2. The lowest BCUT2D eigenvalue weighted by Gasteiger charge is -2.35. The highest BCUT2D eigenvalue weighted by atomic mass is 32.2. The standard InChI is InChI=1S/C20H20FN3O5S/c1-14(24-16-7-3-4-8-17(16)29-20(24)26)19(25)22-10-12-23(13-11-22)30(27,28)18-9-5-2-6-15(18)21/h2-9,14H,10-13H2,1H3. The van der Waals surface area contributed by atoms with Crippen LogP contribution in [0.2, 0.25) is 0 Å². The summed E-state index contributed by atoms with van der Waals surface area (Å²) in [5.41, 5.74) is 0.909.